The number of nitrogens with one attached hydrogen (secondary N) is 1. The van der Waals surface area contributed by atoms with Gasteiger partial charge in [0.25, 0.3) is 10.0 Å². The number of hydrogen-bond donors (Lipinski definition) is 2. The van der Waals surface area contributed by atoms with E-state index in [1.807, 2.05) is 38.1 Å². The first-order chi connectivity index (χ1) is 9.83. The van der Waals surface area contributed by atoms with Gasteiger partial charge in [0.1, 0.15) is 4.90 Å². The number of nitrogens with two attached hydrogens (primary N) is 1. The summed E-state index contributed by atoms with van der Waals surface area (Å²) >= 11 is 0. The fourth-order valence-electron chi connectivity index (χ4n) is 1.82. The summed E-state index contributed by atoms with van der Waals surface area (Å²) in [4.78, 5) is 1.92. The molecule has 1 aromatic heterocycles. The van der Waals surface area contributed by atoms with Gasteiger partial charge in [-0.1, -0.05) is 0 Å². The van der Waals surface area contributed by atoms with Crippen LogP contribution in [0, 0.1) is 0 Å². The second kappa shape index (κ2) is 5.65. The zero-order chi connectivity index (χ0) is 15.6. The molecule has 3 N–H and O–H groups in total. The summed E-state index contributed by atoms with van der Waals surface area (Å²) in [6.07, 6.45) is 1.42. The largest absolute Gasteiger partial charge is 0.381 e. The van der Waals surface area contributed by atoms with Crippen LogP contribution in [0.5, 0.6) is 0 Å². The molecule has 114 valence electrons. The van der Waals surface area contributed by atoms with Crippen LogP contribution in [-0.2, 0) is 16.6 Å². The molecule has 0 saturated carbocycles. The van der Waals surface area contributed by atoms with Crippen molar-refractivity contribution in [3.05, 3.63) is 30.5 Å². The average molecular weight is 309 g/mol. The lowest BCUT2D eigenvalue weighted by Gasteiger charge is -2.13. The SMILES string of the molecule is CCn1cc(S(=O)(=O)Nc2ccc(N(C)C)cc2)c(N)n1. The number of sulfonamides is 1. The van der Waals surface area contributed by atoms with Gasteiger partial charge in [0.05, 0.1) is 0 Å². The van der Waals surface area contributed by atoms with Crippen molar-refractivity contribution in [3.8, 4) is 0 Å². The van der Waals surface area contributed by atoms with E-state index < -0.39 is 10.0 Å². The summed E-state index contributed by atoms with van der Waals surface area (Å²) in [5.41, 5.74) is 7.12. The number of anilines is 3. The molecule has 8 heteroatoms. The van der Waals surface area contributed by atoms with E-state index in [2.05, 4.69) is 9.82 Å². The molecule has 0 radical (unpaired) electrons. The topological polar surface area (TPSA) is 93.2 Å². The van der Waals surface area contributed by atoms with Gasteiger partial charge in [-0.05, 0) is 31.2 Å². The minimum Gasteiger partial charge on any atom is -0.381 e. The standard InChI is InChI=1S/C13H19N5O2S/c1-4-18-9-12(13(14)15-18)21(19,20)16-10-5-7-11(8-6-10)17(2)3/h5-9,16H,4H2,1-3H3,(H2,14,15). The Hall–Kier alpha value is -2.22. The number of nitrogen functional groups attached to an aromatic ring is 1. The smallest absolute Gasteiger partial charge is 0.267 e. The lowest BCUT2D eigenvalue weighted by molar-refractivity contribution is 0.600. The first kappa shape index (κ1) is 15.2. The van der Waals surface area contributed by atoms with Crippen LogP contribution in [0.25, 0.3) is 0 Å². The Morgan fingerprint density at radius 2 is 1.90 bits per heavy atom. The lowest BCUT2D eigenvalue weighted by atomic mass is 10.3. The molecule has 0 aliphatic rings. The predicted molar refractivity (Wildman–Crippen MR) is 83.9 cm³/mol. The highest BCUT2D eigenvalue weighted by Gasteiger charge is 2.21. The summed E-state index contributed by atoms with van der Waals surface area (Å²) in [6.45, 7) is 2.41. The van der Waals surface area contributed by atoms with E-state index in [-0.39, 0.29) is 10.7 Å². The summed E-state index contributed by atoms with van der Waals surface area (Å²) in [6, 6.07) is 7.06. The fourth-order valence-corrected chi connectivity index (χ4v) is 2.96. The maximum absolute atomic E-state index is 12.3. The van der Waals surface area contributed by atoms with Crippen molar-refractivity contribution >= 4 is 27.2 Å². The van der Waals surface area contributed by atoms with E-state index in [1.54, 1.807) is 12.1 Å². The normalized spacial score (nSPS) is 11.4. The zero-order valence-corrected chi connectivity index (χ0v) is 13.1. The third-order valence-corrected chi connectivity index (χ3v) is 4.40. The van der Waals surface area contributed by atoms with Gasteiger partial charge in [0, 0.05) is 38.2 Å². The van der Waals surface area contributed by atoms with Crippen LogP contribution in [0.2, 0.25) is 0 Å². The summed E-state index contributed by atoms with van der Waals surface area (Å²) < 4.78 is 28.6. The van der Waals surface area contributed by atoms with E-state index in [9.17, 15) is 8.42 Å². The second-order valence-corrected chi connectivity index (χ2v) is 6.43. The maximum atomic E-state index is 12.3. The highest BCUT2D eigenvalue weighted by Crippen LogP contribution is 2.22. The molecule has 0 saturated heterocycles. The van der Waals surface area contributed by atoms with Crippen LogP contribution in [0.15, 0.2) is 35.4 Å². The number of nitrogens with zero attached hydrogens (tertiary/aromatic N) is 3. The van der Waals surface area contributed by atoms with Crippen molar-refractivity contribution in [1.82, 2.24) is 9.78 Å². The quantitative estimate of drug-likeness (QED) is 0.869. The molecule has 1 heterocycles. The summed E-state index contributed by atoms with van der Waals surface area (Å²) in [5, 5.41) is 3.94. The number of aryl methyl sites for hydroxylation is 1. The minimum absolute atomic E-state index is 0.00531. The second-order valence-electron chi connectivity index (χ2n) is 4.78. The Bertz CT molecular complexity index is 720. The molecule has 2 aromatic rings. The van der Waals surface area contributed by atoms with Gasteiger partial charge in [0.15, 0.2) is 5.82 Å². The monoisotopic (exact) mass is 309 g/mol. The van der Waals surface area contributed by atoms with Crippen molar-refractivity contribution < 1.29 is 8.42 Å². The Labute approximate surface area is 124 Å². The van der Waals surface area contributed by atoms with E-state index >= 15 is 0 Å². The van der Waals surface area contributed by atoms with Gasteiger partial charge in [-0.2, -0.15) is 5.10 Å². The molecule has 0 aliphatic heterocycles. The molecule has 7 nitrogen and oxygen atoms in total. The predicted octanol–water partition coefficient (Wildman–Crippen LogP) is 1.35. The van der Waals surface area contributed by atoms with Gasteiger partial charge in [-0.3, -0.25) is 9.40 Å². The van der Waals surface area contributed by atoms with Crippen molar-refractivity contribution in [1.29, 1.82) is 0 Å². The fraction of sp³-hybridized carbons (Fsp3) is 0.308. The zero-order valence-electron chi connectivity index (χ0n) is 12.2. The van der Waals surface area contributed by atoms with Crippen molar-refractivity contribution in [2.75, 3.05) is 29.5 Å². The average Bonchev–Trinajstić information content (AvgIpc) is 2.81. The Balaban J connectivity index is 2.26. The van der Waals surface area contributed by atoms with Crippen molar-refractivity contribution in [3.63, 3.8) is 0 Å². The minimum atomic E-state index is -3.74. The van der Waals surface area contributed by atoms with E-state index in [4.69, 9.17) is 5.73 Å². The molecule has 21 heavy (non-hydrogen) atoms. The first-order valence-electron chi connectivity index (χ1n) is 6.46. The highest BCUT2D eigenvalue weighted by atomic mass is 32.2. The molecule has 0 bridgehead atoms. The Morgan fingerprint density at radius 1 is 1.29 bits per heavy atom. The number of hydrogen-bond acceptors (Lipinski definition) is 5. The molecule has 0 aliphatic carbocycles. The molecule has 2 rings (SSSR count). The van der Waals surface area contributed by atoms with E-state index in [0.29, 0.717) is 12.2 Å². The van der Waals surface area contributed by atoms with Crippen LogP contribution in [-0.4, -0.2) is 32.3 Å². The van der Waals surface area contributed by atoms with Crippen LogP contribution in [0.4, 0.5) is 17.2 Å². The highest BCUT2D eigenvalue weighted by molar-refractivity contribution is 7.92. The molecular weight excluding hydrogens is 290 g/mol. The van der Waals surface area contributed by atoms with Crippen LogP contribution < -0.4 is 15.4 Å². The molecule has 0 spiro atoms. The van der Waals surface area contributed by atoms with E-state index in [1.165, 1.54) is 10.9 Å². The molecule has 0 fully saturated rings. The van der Waals surface area contributed by atoms with Gasteiger partial charge >= 0.3 is 0 Å². The van der Waals surface area contributed by atoms with Crippen LogP contribution >= 0.6 is 0 Å². The molecule has 1 aromatic carbocycles. The molecule has 0 unspecified atom stereocenters. The third-order valence-electron chi connectivity index (χ3n) is 3.00. The van der Waals surface area contributed by atoms with Crippen molar-refractivity contribution in [2.24, 2.45) is 0 Å². The maximum Gasteiger partial charge on any atom is 0.267 e. The Morgan fingerprint density at radius 3 is 2.38 bits per heavy atom. The van der Waals surface area contributed by atoms with Crippen LogP contribution in [0.1, 0.15) is 6.92 Å². The van der Waals surface area contributed by atoms with Crippen molar-refractivity contribution in [2.45, 2.75) is 18.4 Å². The number of benzene rings is 1. The lowest BCUT2D eigenvalue weighted by Crippen LogP contribution is -2.14. The number of rotatable bonds is 5. The van der Waals surface area contributed by atoms with Gasteiger partial charge in [0.2, 0.25) is 0 Å². The number of aromatic nitrogens is 2. The van der Waals surface area contributed by atoms with Gasteiger partial charge in [-0.25, -0.2) is 8.42 Å². The van der Waals surface area contributed by atoms with Gasteiger partial charge in [-0.15, -0.1) is 0 Å². The molecular formula is C13H19N5O2S. The summed E-state index contributed by atoms with van der Waals surface area (Å²) in [7, 11) is 0.0931. The molecule has 0 amide bonds. The van der Waals surface area contributed by atoms with Crippen LogP contribution in [0.3, 0.4) is 0 Å². The van der Waals surface area contributed by atoms with E-state index in [0.717, 1.165) is 5.69 Å². The first-order valence-corrected chi connectivity index (χ1v) is 7.95. The third kappa shape index (κ3) is 3.27. The summed E-state index contributed by atoms with van der Waals surface area (Å²) in [5.74, 6) is -0.00531. The van der Waals surface area contributed by atoms with Gasteiger partial charge < -0.3 is 10.6 Å². The Kier molecular flexibility index (Phi) is 4.08. The molecule has 0 atom stereocenters.